The SMILES string of the molecule is C[C@H](O)c1ccc(-n2cc(Br)cn2)cn1. The van der Waals surface area contributed by atoms with Crippen molar-refractivity contribution < 1.29 is 5.11 Å². The number of aliphatic hydroxyl groups is 1. The maximum absolute atomic E-state index is 9.30. The molecule has 1 atom stereocenters. The minimum atomic E-state index is -0.539. The molecule has 0 aliphatic heterocycles. The molecule has 2 aromatic rings. The molecule has 0 fully saturated rings. The molecule has 0 bridgehead atoms. The van der Waals surface area contributed by atoms with Crippen LogP contribution in [0.25, 0.3) is 5.69 Å². The van der Waals surface area contributed by atoms with Gasteiger partial charge in [0.25, 0.3) is 0 Å². The Labute approximate surface area is 95.7 Å². The summed E-state index contributed by atoms with van der Waals surface area (Å²) in [5, 5.41) is 13.4. The molecule has 0 spiro atoms. The molecule has 0 aromatic carbocycles. The van der Waals surface area contributed by atoms with Crippen molar-refractivity contribution in [2.75, 3.05) is 0 Å². The fraction of sp³-hybridized carbons (Fsp3) is 0.200. The first kappa shape index (κ1) is 10.3. The summed E-state index contributed by atoms with van der Waals surface area (Å²) in [6.45, 7) is 1.69. The Balaban J connectivity index is 2.31. The van der Waals surface area contributed by atoms with E-state index in [9.17, 15) is 5.11 Å². The second kappa shape index (κ2) is 4.12. The molecule has 0 aliphatic carbocycles. The van der Waals surface area contributed by atoms with Gasteiger partial charge >= 0.3 is 0 Å². The third kappa shape index (κ3) is 2.24. The van der Waals surface area contributed by atoms with Gasteiger partial charge in [0.15, 0.2) is 0 Å². The fourth-order valence-corrected chi connectivity index (χ4v) is 1.51. The Morgan fingerprint density at radius 2 is 2.20 bits per heavy atom. The maximum Gasteiger partial charge on any atom is 0.0931 e. The molecule has 4 nitrogen and oxygen atoms in total. The standard InChI is InChI=1S/C10H10BrN3O/c1-7(15)10-3-2-9(5-12-10)14-6-8(11)4-13-14/h2-7,15H,1H3/t7-/m0/s1. The highest BCUT2D eigenvalue weighted by atomic mass is 79.9. The number of aliphatic hydroxyl groups excluding tert-OH is 1. The highest BCUT2D eigenvalue weighted by molar-refractivity contribution is 9.10. The van der Waals surface area contributed by atoms with Gasteiger partial charge in [-0.05, 0) is 35.0 Å². The highest BCUT2D eigenvalue weighted by Gasteiger charge is 2.03. The number of halogens is 1. The van der Waals surface area contributed by atoms with Crippen LogP contribution in [0.4, 0.5) is 0 Å². The van der Waals surface area contributed by atoms with Gasteiger partial charge in [-0.2, -0.15) is 5.10 Å². The van der Waals surface area contributed by atoms with Crippen molar-refractivity contribution in [3.8, 4) is 5.69 Å². The van der Waals surface area contributed by atoms with Gasteiger partial charge in [-0.15, -0.1) is 0 Å². The Morgan fingerprint density at radius 3 is 2.67 bits per heavy atom. The molecule has 0 radical (unpaired) electrons. The molecular formula is C10H10BrN3O. The molecule has 2 rings (SSSR count). The van der Waals surface area contributed by atoms with Gasteiger partial charge in [-0.25, -0.2) is 4.68 Å². The van der Waals surface area contributed by atoms with E-state index in [2.05, 4.69) is 26.0 Å². The highest BCUT2D eigenvalue weighted by Crippen LogP contribution is 2.14. The predicted molar refractivity (Wildman–Crippen MR) is 59.7 cm³/mol. The first-order valence-corrected chi connectivity index (χ1v) is 5.30. The average Bonchev–Trinajstić information content (AvgIpc) is 2.65. The van der Waals surface area contributed by atoms with Crippen LogP contribution in [0.5, 0.6) is 0 Å². The topological polar surface area (TPSA) is 50.9 Å². The van der Waals surface area contributed by atoms with E-state index in [1.165, 1.54) is 0 Å². The zero-order chi connectivity index (χ0) is 10.8. The number of nitrogens with zero attached hydrogens (tertiary/aromatic N) is 3. The van der Waals surface area contributed by atoms with Crippen LogP contribution in [0.2, 0.25) is 0 Å². The number of pyridine rings is 1. The lowest BCUT2D eigenvalue weighted by Crippen LogP contribution is -1.99. The molecule has 0 unspecified atom stereocenters. The maximum atomic E-state index is 9.30. The second-order valence-electron chi connectivity index (χ2n) is 3.22. The van der Waals surface area contributed by atoms with Gasteiger partial charge in [0, 0.05) is 6.20 Å². The number of rotatable bonds is 2. The minimum absolute atomic E-state index is 0.539. The van der Waals surface area contributed by atoms with Gasteiger partial charge in [0.2, 0.25) is 0 Å². The molecule has 1 N–H and O–H groups in total. The van der Waals surface area contributed by atoms with Crippen molar-refractivity contribution in [1.29, 1.82) is 0 Å². The van der Waals surface area contributed by atoms with Crippen molar-refractivity contribution in [3.05, 3.63) is 40.9 Å². The van der Waals surface area contributed by atoms with Crippen molar-refractivity contribution in [2.45, 2.75) is 13.0 Å². The van der Waals surface area contributed by atoms with E-state index in [-0.39, 0.29) is 0 Å². The van der Waals surface area contributed by atoms with Crippen LogP contribution < -0.4 is 0 Å². The number of hydrogen-bond donors (Lipinski definition) is 1. The lowest BCUT2D eigenvalue weighted by Gasteiger charge is -2.04. The Morgan fingerprint density at radius 1 is 1.40 bits per heavy atom. The van der Waals surface area contributed by atoms with E-state index in [1.807, 2.05) is 12.3 Å². The molecule has 15 heavy (non-hydrogen) atoms. The lowest BCUT2D eigenvalue weighted by molar-refractivity contribution is 0.194. The van der Waals surface area contributed by atoms with Crippen molar-refractivity contribution >= 4 is 15.9 Å². The van der Waals surface area contributed by atoms with Crippen LogP contribution >= 0.6 is 15.9 Å². The quantitative estimate of drug-likeness (QED) is 0.907. The Kier molecular flexibility index (Phi) is 2.83. The van der Waals surface area contributed by atoms with E-state index < -0.39 is 6.10 Å². The summed E-state index contributed by atoms with van der Waals surface area (Å²) in [6.07, 6.45) is 4.70. The summed E-state index contributed by atoms with van der Waals surface area (Å²) in [4.78, 5) is 4.14. The van der Waals surface area contributed by atoms with Crippen LogP contribution in [0, 0.1) is 0 Å². The molecule has 5 heteroatoms. The zero-order valence-corrected chi connectivity index (χ0v) is 9.72. The minimum Gasteiger partial charge on any atom is -0.387 e. The van der Waals surface area contributed by atoms with E-state index in [1.54, 1.807) is 30.1 Å². The third-order valence-electron chi connectivity index (χ3n) is 2.01. The summed E-state index contributed by atoms with van der Waals surface area (Å²) in [5.41, 5.74) is 1.52. The zero-order valence-electron chi connectivity index (χ0n) is 8.13. The number of hydrogen-bond acceptors (Lipinski definition) is 3. The van der Waals surface area contributed by atoms with Crippen LogP contribution in [0.15, 0.2) is 35.2 Å². The summed E-state index contributed by atoms with van der Waals surface area (Å²) in [6, 6.07) is 3.66. The number of aromatic nitrogens is 3. The summed E-state index contributed by atoms with van der Waals surface area (Å²) < 4.78 is 2.63. The van der Waals surface area contributed by atoms with E-state index in [0.717, 1.165) is 10.2 Å². The van der Waals surface area contributed by atoms with Crippen LogP contribution in [0.3, 0.4) is 0 Å². The van der Waals surface area contributed by atoms with E-state index in [0.29, 0.717) is 5.69 Å². The Bertz CT molecular complexity index is 450. The van der Waals surface area contributed by atoms with Crippen LogP contribution in [-0.4, -0.2) is 19.9 Å². The predicted octanol–water partition coefficient (Wildman–Crippen LogP) is 2.08. The molecule has 0 saturated carbocycles. The largest absolute Gasteiger partial charge is 0.387 e. The fourth-order valence-electron chi connectivity index (χ4n) is 1.22. The van der Waals surface area contributed by atoms with Crippen LogP contribution in [0.1, 0.15) is 18.7 Å². The van der Waals surface area contributed by atoms with Gasteiger partial charge in [-0.3, -0.25) is 4.98 Å². The summed E-state index contributed by atoms with van der Waals surface area (Å²) in [7, 11) is 0. The second-order valence-corrected chi connectivity index (χ2v) is 4.14. The van der Waals surface area contributed by atoms with E-state index in [4.69, 9.17) is 0 Å². The summed E-state index contributed by atoms with van der Waals surface area (Å²) >= 11 is 3.32. The first-order valence-electron chi connectivity index (χ1n) is 4.51. The molecular weight excluding hydrogens is 258 g/mol. The summed E-state index contributed by atoms with van der Waals surface area (Å²) in [5.74, 6) is 0. The average molecular weight is 268 g/mol. The van der Waals surface area contributed by atoms with Gasteiger partial charge in [0.05, 0.1) is 34.4 Å². The van der Waals surface area contributed by atoms with Crippen molar-refractivity contribution in [1.82, 2.24) is 14.8 Å². The van der Waals surface area contributed by atoms with Gasteiger partial charge in [0.1, 0.15) is 0 Å². The van der Waals surface area contributed by atoms with Crippen molar-refractivity contribution in [3.63, 3.8) is 0 Å². The molecule has 0 saturated heterocycles. The van der Waals surface area contributed by atoms with E-state index >= 15 is 0 Å². The molecule has 2 aromatic heterocycles. The smallest absolute Gasteiger partial charge is 0.0931 e. The third-order valence-corrected chi connectivity index (χ3v) is 2.42. The monoisotopic (exact) mass is 267 g/mol. The molecule has 0 amide bonds. The van der Waals surface area contributed by atoms with Gasteiger partial charge < -0.3 is 5.11 Å². The molecule has 0 aliphatic rings. The lowest BCUT2D eigenvalue weighted by atomic mass is 10.2. The van der Waals surface area contributed by atoms with Crippen molar-refractivity contribution in [2.24, 2.45) is 0 Å². The molecule has 78 valence electrons. The first-order chi connectivity index (χ1) is 7.16. The van der Waals surface area contributed by atoms with Gasteiger partial charge in [-0.1, -0.05) is 0 Å². The van der Waals surface area contributed by atoms with Crippen LogP contribution in [-0.2, 0) is 0 Å². The molecule has 2 heterocycles. The normalized spacial score (nSPS) is 12.7. The Hall–Kier alpha value is -1.20.